The lowest BCUT2D eigenvalue weighted by Crippen LogP contribution is -2.32. The topological polar surface area (TPSA) is 78.9 Å². The van der Waals surface area contributed by atoms with E-state index in [1.54, 1.807) is 0 Å². The van der Waals surface area contributed by atoms with Gasteiger partial charge in [-0.15, -0.1) is 0 Å². The Labute approximate surface area is 119 Å². The molecule has 1 aliphatic rings. The Balaban J connectivity index is 1.91. The Morgan fingerprint density at radius 3 is 2.65 bits per heavy atom. The number of amides is 1. The Morgan fingerprint density at radius 2 is 2.05 bits per heavy atom. The molecule has 0 unspecified atom stereocenters. The van der Waals surface area contributed by atoms with Gasteiger partial charge in [0, 0.05) is 25.6 Å². The molecule has 1 aliphatic carbocycles. The standard InChI is InChI=1S/C14H23N5O/c1-9(2)7-17-13(20)8-16-12-6-11(15-3)18-14(19-12)10-4-5-10/h6,9-10H,4-5,7-8H2,1-3H3,(H,17,20)(H2,15,16,18,19). The van der Waals surface area contributed by atoms with Crippen molar-refractivity contribution in [3.8, 4) is 0 Å². The van der Waals surface area contributed by atoms with Crippen molar-refractivity contribution in [1.82, 2.24) is 15.3 Å². The zero-order valence-electron chi connectivity index (χ0n) is 12.4. The molecular formula is C14H23N5O. The van der Waals surface area contributed by atoms with E-state index in [1.165, 1.54) is 0 Å². The van der Waals surface area contributed by atoms with Gasteiger partial charge in [0.1, 0.15) is 17.5 Å². The highest BCUT2D eigenvalue weighted by Crippen LogP contribution is 2.38. The Morgan fingerprint density at radius 1 is 1.35 bits per heavy atom. The number of carbonyl (C=O) groups is 1. The van der Waals surface area contributed by atoms with Gasteiger partial charge in [0.2, 0.25) is 5.91 Å². The summed E-state index contributed by atoms with van der Waals surface area (Å²) in [7, 11) is 1.83. The van der Waals surface area contributed by atoms with Crippen LogP contribution in [0.2, 0.25) is 0 Å². The summed E-state index contributed by atoms with van der Waals surface area (Å²) in [5, 5.41) is 8.96. The van der Waals surface area contributed by atoms with Crippen LogP contribution in [0, 0.1) is 5.92 Å². The molecule has 1 heterocycles. The highest BCUT2D eigenvalue weighted by molar-refractivity contribution is 5.80. The van der Waals surface area contributed by atoms with Gasteiger partial charge in [0.25, 0.3) is 0 Å². The normalized spacial score (nSPS) is 14.2. The van der Waals surface area contributed by atoms with Crippen molar-refractivity contribution in [2.24, 2.45) is 5.92 Å². The molecule has 3 N–H and O–H groups in total. The molecule has 1 fully saturated rings. The smallest absolute Gasteiger partial charge is 0.239 e. The van der Waals surface area contributed by atoms with Crippen LogP contribution in [0.5, 0.6) is 0 Å². The minimum absolute atomic E-state index is 0.0173. The number of nitrogens with one attached hydrogen (secondary N) is 3. The predicted octanol–water partition coefficient (Wildman–Crippen LogP) is 1.58. The third kappa shape index (κ3) is 4.36. The molecule has 1 aromatic heterocycles. The number of nitrogens with zero attached hydrogens (tertiary/aromatic N) is 2. The lowest BCUT2D eigenvalue weighted by Gasteiger charge is -2.11. The van der Waals surface area contributed by atoms with Crippen LogP contribution in [0.15, 0.2) is 6.07 Å². The fourth-order valence-electron chi connectivity index (χ4n) is 1.76. The average Bonchev–Trinajstić information content (AvgIpc) is 3.27. The summed E-state index contributed by atoms with van der Waals surface area (Å²) >= 11 is 0. The maximum atomic E-state index is 11.7. The first kappa shape index (κ1) is 14.6. The number of aromatic nitrogens is 2. The molecule has 6 heteroatoms. The van der Waals surface area contributed by atoms with Gasteiger partial charge in [-0.2, -0.15) is 0 Å². The molecular weight excluding hydrogens is 254 g/mol. The van der Waals surface area contributed by atoms with Crippen LogP contribution >= 0.6 is 0 Å². The van der Waals surface area contributed by atoms with Crippen LogP contribution in [0.4, 0.5) is 11.6 Å². The maximum Gasteiger partial charge on any atom is 0.239 e. The van der Waals surface area contributed by atoms with Crippen molar-refractivity contribution in [1.29, 1.82) is 0 Å². The summed E-state index contributed by atoms with van der Waals surface area (Å²) in [5.74, 6) is 3.27. The van der Waals surface area contributed by atoms with E-state index in [1.807, 2.05) is 13.1 Å². The second-order valence-corrected chi connectivity index (χ2v) is 5.57. The first-order valence-corrected chi connectivity index (χ1v) is 7.15. The van der Waals surface area contributed by atoms with Gasteiger partial charge >= 0.3 is 0 Å². The summed E-state index contributed by atoms with van der Waals surface area (Å²) in [6.07, 6.45) is 2.31. The molecule has 1 amide bonds. The van der Waals surface area contributed by atoms with Crippen molar-refractivity contribution >= 4 is 17.5 Å². The molecule has 110 valence electrons. The van der Waals surface area contributed by atoms with Gasteiger partial charge in [-0.3, -0.25) is 4.79 Å². The quantitative estimate of drug-likeness (QED) is 0.705. The second kappa shape index (κ2) is 6.54. The first-order valence-electron chi connectivity index (χ1n) is 7.15. The van der Waals surface area contributed by atoms with E-state index in [4.69, 9.17) is 0 Å². The molecule has 0 radical (unpaired) electrons. The van der Waals surface area contributed by atoms with Crippen LogP contribution in [0.25, 0.3) is 0 Å². The van der Waals surface area contributed by atoms with Crippen LogP contribution in [-0.2, 0) is 4.79 Å². The van der Waals surface area contributed by atoms with Crippen LogP contribution < -0.4 is 16.0 Å². The average molecular weight is 277 g/mol. The fourth-order valence-corrected chi connectivity index (χ4v) is 1.76. The molecule has 0 atom stereocenters. The molecule has 1 aromatic rings. The van der Waals surface area contributed by atoms with Crippen LogP contribution in [0.1, 0.15) is 38.4 Å². The van der Waals surface area contributed by atoms with Crippen LogP contribution in [-0.4, -0.2) is 36.0 Å². The van der Waals surface area contributed by atoms with Crippen molar-refractivity contribution < 1.29 is 4.79 Å². The largest absolute Gasteiger partial charge is 0.373 e. The Kier molecular flexibility index (Phi) is 4.76. The molecule has 0 bridgehead atoms. The van der Waals surface area contributed by atoms with Crippen molar-refractivity contribution in [2.75, 3.05) is 30.8 Å². The maximum absolute atomic E-state index is 11.7. The molecule has 0 aliphatic heterocycles. The van der Waals surface area contributed by atoms with E-state index in [-0.39, 0.29) is 12.5 Å². The fraction of sp³-hybridized carbons (Fsp3) is 0.643. The molecule has 20 heavy (non-hydrogen) atoms. The van der Waals surface area contributed by atoms with Gasteiger partial charge in [0.05, 0.1) is 6.54 Å². The number of carbonyl (C=O) groups excluding carboxylic acids is 1. The molecule has 6 nitrogen and oxygen atoms in total. The van der Waals surface area contributed by atoms with E-state index in [9.17, 15) is 4.79 Å². The first-order chi connectivity index (χ1) is 9.58. The van der Waals surface area contributed by atoms with E-state index < -0.39 is 0 Å². The van der Waals surface area contributed by atoms with E-state index >= 15 is 0 Å². The monoisotopic (exact) mass is 277 g/mol. The molecule has 2 rings (SSSR count). The van der Waals surface area contributed by atoms with Gasteiger partial charge < -0.3 is 16.0 Å². The highest BCUT2D eigenvalue weighted by Gasteiger charge is 2.27. The zero-order chi connectivity index (χ0) is 14.5. The predicted molar refractivity (Wildman–Crippen MR) is 79.9 cm³/mol. The summed E-state index contributed by atoms with van der Waals surface area (Å²) in [5.41, 5.74) is 0. The third-order valence-electron chi connectivity index (χ3n) is 3.08. The van der Waals surface area contributed by atoms with Crippen molar-refractivity contribution in [3.05, 3.63) is 11.9 Å². The van der Waals surface area contributed by atoms with Gasteiger partial charge in [-0.25, -0.2) is 9.97 Å². The Bertz CT molecular complexity index is 471. The van der Waals surface area contributed by atoms with Gasteiger partial charge in [-0.1, -0.05) is 13.8 Å². The van der Waals surface area contributed by atoms with Gasteiger partial charge in [-0.05, 0) is 18.8 Å². The third-order valence-corrected chi connectivity index (χ3v) is 3.08. The molecule has 0 spiro atoms. The summed E-state index contributed by atoms with van der Waals surface area (Å²) in [6, 6.07) is 1.82. The molecule has 1 saturated carbocycles. The SMILES string of the molecule is CNc1cc(NCC(=O)NCC(C)C)nc(C2CC2)n1. The minimum atomic E-state index is -0.0173. The van der Waals surface area contributed by atoms with Gasteiger partial charge in [0.15, 0.2) is 0 Å². The zero-order valence-corrected chi connectivity index (χ0v) is 12.4. The molecule has 0 aromatic carbocycles. The van der Waals surface area contributed by atoms with Crippen molar-refractivity contribution in [2.45, 2.75) is 32.6 Å². The van der Waals surface area contributed by atoms with Crippen LogP contribution in [0.3, 0.4) is 0 Å². The van der Waals surface area contributed by atoms with Crippen molar-refractivity contribution in [3.63, 3.8) is 0 Å². The van der Waals surface area contributed by atoms with E-state index in [0.717, 1.165) is 24.5 Å². The summed E-state index contributed by atoms with van der Waals surface area (Å²) in [6.45, 7) is 5.06. The number of rotatable bonds is 7. The summed E-state index contributed by atoms with van der Waals surface area (Å²) < 4.78 is 0. The number of hydrogen-bond acceptors (Lipinski definition) is 5. The number of hydrogen-bond donors (Lipinski definition) is 3. The summed E-state index contributed by atoms with van der Waals surface area (Å²) in [4.78, 5) is 20.6. The second-order valence-electron chi connectivity index (χ2n) is 5.57. The molecule has 0 saturated heterocycles. The lowest BCUT2D eigenvalue weighted by atomic mass is 10.2. The minimum Gasteiger partial charge on any atom is -0.373 e. The van der Waals surface area contributed by atoms with E-state index in [2.05, 4.69) is 39.8 Å². The lowest BCUT2D eigenvalue weighted by molar-refractivity contribution is -0.119. The highest BCUT2D eigenvalue weighted by atomic mass is 16.1. The Hall–Kier alpha value is -1.85. The van der Waals surface area contributed by atoms with E-state index in [0.29, 0.717) is 24.2 Å². The number of anilines is 2.